The highest BCUT2D eigenvalue weighted by Gasteiger charge is 2.22. The van der Waals surface area contributed by atoms with Gasteiger partial charge in [0.1, 0.15) is 11.9 Å². The predicted octanol–water partition coefficient (Wildman–Crippen LogP) is 3.54. The molecule has 3 rings (SSSR count). The number of carbonyl (C=O) groups is 2. The first-order valence-corrected chi connectivity index (χ1v) is 12.0. The third-order valence-corrected chi connectivity index (χ3v) is 6.02. The molecule has 3 aromatic rings. The maximum absolute atomic E-state index is 13.1. The average Bonchev–Trinajstić information content (AvgIpc) is 2.85. The van der Waals surface area contributed by atoms with Crippen LogP contribution >= 0.6 is 11.6 Å². The van der Waals surface area contributed by atoms with Crippen molar-refractivity contribution in [3.05, 3.63) is 94.1 Å². The van der Waals surface area contributed by atoms with Gasteiger partial charge >= 0.3 is 0 Å². The van der Waals surface area contributed by atoms with Crippen LogP contribution in [0, 0.1) is 6.92 Å². The molecule has 0 fully saturated rings. The van der Waals surface area contributed by atoms with Gasteiger partial charge in [-0.05, 0) is 61.6 Å². The smallest absolute Gasteiger partial charge is 0.242 e. The lowest BCUT2D eigenvalue weighted by molar-refractivity contribution is -0.129. The van der Waals surface area contributed by atoms with E-state index >= 15 is 0 Å². The molecule has 0 saturated heterocycles. The molecule has 0 aliphatic heterocycles. The molecule has 7 nitrogen and oxygen atoms in total. The average molecular weight is 494 g/mol. The highest BCUT2D eigenvalue weighted by molar-refractivity contribution is 6.30. The summed E-state index contributed by atoms with van der Waals surface area (Å²) in [6, 6.07) is 19.9. The standard InChI is InChI=1S/C27H32ClN5O2/c1-18-22(11-15-25(29)32-18)17-31-26(34)19(2)33-27(35)24(14-10-20-6-4-3-5-7-20)30-16-21-8-12-23(28)13-9-21/h3-9,11-13,15,19,24,30H,10,14,16-17H2,1-2H3,(H2,29,32)(H,31,34)(H,33,35). The minimum atomic E-state index is -0.693. The number of nitrogens with zero attached hydrogens (tertiary/aromatic N) is 1. The molecule has 1 heterocycles. The van der Waals surface area contributed by atoms with Crippen molar-refractivity contribution in [1.82, 2.24) is 20.9 Å². The van der Waals surface area contributed by atoms with E-state index in [1.165, 1.54) is 0 Å². The number of nitrogens with two attached hydrogens (primary N) is 1. The number of rotatable bonds is 11. The second kappa shape index (κ2) is 12.9. The van der Waals surface area contributed by atoms with E-state index in [2.05, 4.69) is 20.9 Å². The maximum atomic E-state index is 13.1. The molecule has 0 aliphatic carbocycles. The zero-order valence-corrected chi connectivity index (χ0v) is 20.8. The molecule has 0 bridgehead atoms. The number of nitrogens with one attached hydrogen (secondary N) is 3. The normalized spacial score (nSPS) is 12.5. The van der Waals surface area contributed by atoms with E-state index in [-0.39, 0.29) is 11.8 Å². The van der Waals surface area contributed by atoms with Gasteiger partial charge in [0.25, 0.3) is 0 Å². The summed E-state index contributed by atoms with van der Waals surface area (Å²) < 4.78 is 0. The number of benzene rings is 2. The van der Waals surface area contributed by atoms with Crippen molar-refractivity contribution >= 4 is 29.2 Å². The van der Waals surface area contributed by atoms with Gasteiger partial charge in [-0.25, -0.2) is 4.98 Å². The molecule has 35 heavy (non-hydrogen) atoms. The molecule has 2 atom stereocenters. The summed E-state index contributed by atoms with van der Waals surface area (Å²) in [5.41, 5.74) is 9.49. The van der Waals surface area contributed by atoms with Crippen LogP contribution in [0.15, 0.2) is 66.7 Å². The first-order valence-electron chi connectivity index (χ1n) is 11.6. The summed E-state index contributed by atoms with van der Waals surface area (Å²) in [4.78, 5) is 30.0. The Bertz CT molecular complexity index is 1120. The van der Waals surface area contributed by atoms with Crippen LogP contribution in [0.2, 0.25) is 5.02 Å². The van der Waals surface area contributed by atoms with Crippen molar-refractivity contribution in [1.29, 1.82) is 0 Å². The Morgan fingerprint density at radius 3 is 2.34 bits per heavy atom. The summed E-state index contributed by atoms with van der Waals surface area (Å²) in [6.45, 7) is 4.33. The van der Waals surface area contributed by atoms with Gasteiger partial charge in [0, 0.05) is 23.8 Å². The minimum Gasteiger partial charge on any atom is -0.384 e. The van der Waals surface area contributed by atoms with Crippen LogP contribution in [0.4, 0.5) is 5.82 Å². The number of nitrogen functional groups attached to an aromatic ring is 1. The predicted molar refractivity (Wildman–Crippen MR) is 140 cm³/mol. The Labute approximate surface area is 211 Å². The molecule has 0 radical (unpaired) electrons. The number of aryl methyl sites for hydroxylation is 2. The highest BCUT2D eigenvalue weighted by atomic mass is 35.5. The fraction of sp³-hybridized carbons (Fsp3) is 0.296. The van der Waals surface area contributed by atoms with E-state index in [0.717, 1.165) is 28.8 Å². The van der Waals surface area contributed by atoms with E-state index in [4.69, 9.17) is 17.3 Å². The van der Waals surface area contributed by atoms with Crippen LogP contribution < -0.4 is 21.7 Å². The molecular formula is C27H32ClN5O2. The molecule has 0 spiro atoms. The molecule has 2 aromatic carbocycles. The van der Waals surface area contributed by atoms with Crippen molar-refractivity contribution < 1.29 is 9.59 Å². The molecule has 2 unspecified atom stereocenters. The quantitative estimate of drug-likeness (QED) is 0.326. The summed E-state index contributed by atoms with van der Waals surface area (Å²) in [7, 11) is 0. The van der Waals surface area contributed by atoms with Gasteiger partial charge in [0.15, 0.2) is 0 Å². The maximum Gasteiger partial charge on any atom is 0.242 e. The lowest BCUT2D eigenvalue weighted by Crippen LogP contribution is -2.51. The molecule has 8 heteroatoms. The lowest BCUT2D eigenvalue weighted by atomic mass is 10.0. The summed E-state index contributed by atoms with van der Waals surface area (Å²) >= 11 is 5.98. The first kappa shape index (κ1) is 26.2. The number of amides is 2. The SMILES string of the molecule is Cc1nc(N)ccc1CNC(=O)C(C)NC(=O)C(CCc1ccccc1)NCc1ccc(Cl)cc1. The van der Waals surface area contributed by atoms with Crippen LogP contribution in [0.1, 0.15) is 35.7 Å². The van der Waals surface area contributed by atoms with Crippen molar-refractivity contribution in [2.75, 3.05) is 5.73 Å². The number of hydrogen-bond donors (Lipinski definition) is 4. The van der Waals surface area contributed by atoms with E-state index in [0.29, 0.717) is 30.4 Å². The number of aromatic nitrogens is 1. The first-order chi connectivity index (χ1) is 16.8. The second-order valence-electron chi connectivity index (χ2n) is 8.51. The Morgan fingerprint density at radius 2 is 1.66 bits per heavy atom. The number of halogens is 1. The fourth-order valence-corrected chi connectivity index (χ4v) is 3.76. The van der Waals surface area contributed by atoms with Gasteiger partial charge in [-0.3, -0.25) is 9.59 Å². The third-order valence-electron chi connectivity index (χ3n) is 5.77. The van der Waals surface area contributed by atoms with Crippen molar-refractivity contribution in [2.24, 2.45) is 0 Å². The van der Waals surface area contributed by atoms with E-state index < -0.39 is 12.1 Å². The Kier molecular flexibility index (Phi) is 9.64. The van der Waals surface area contributed by atoms with Gasteiger partial charge in [-0.15, -0.1) is 0 Å². The van der Waals surface area contributed by atoms with Crippen LogP contribution in [0.25, 0.3) is 0 Å². The Balaban J connectivity index is 1.58. The topological polar surface area (TPSA) is 109 Å². The van der Waals surface area contributed by atoms with Crippen LogP contribution in [0.5, 0.6) is 0 Å². The fourth-order valence-electron chi connectivity index (χ4n) is 3.64. The Morgan fingerprint density at radius 1 is 0.943 bits per heavy atom. The van der Waals surface area contributed by atoms with E-state index in [9.17, 15) is 9.59 Å². The summed E-state index contributed by atoms with van der Waals surface area (Å²) in [5, 5.41) is 9.71. The second-order valence-corrected chi connectivity index (χ2v) is 8.95. The third kappa shape index (κ3) is 8.38. The lowest BCUT2D eigenvalue weighted by Gasteiger charge is -2.21. The van der Waals surface area contributed by atoms with Crippen molar-refractivity contribution in [3.63, 3.8) is 0 Å². The largest absolute Gasteiger partial charge is 0.384 e. The molecule has 1 aromatic heterocycles. The van der Waals surface area contributed by atoms with Gasteiger partial charge < -0.3 is 21.7 Å². The van der Waals surface area contributed by atoms with Crippen molar-refractivity contribution in [3.8, 4) is 0 Å². The number of pyridine rings is 1. The minimum absolute atomic E-state index is 0.220. The molecule has 0 aliphatic rings. The number of hydrogen-bond acceptors (Lipinski definition) is 5. The number of carbonyl (C=O) groups excluding carboxylic acids is 2. The molecule has 5 N–H and O–H groups in total. The summed E-state index contributed by atoms with van der Waals surface area (Å²) in [5.74, 6) is -0.0529. The molecule has 0 saturated carbocycles. The van der Waals surface area contributed by atoms with Gasteiger partial charge in [0.2, 0.25) is 11.8 Å². The van der Waals surface area contributed by atoms with E-state index in [1.807, 2.05) is 67.6 Å². The van der Waals surface area contributed by atoms with Gasteiger partial charge in [0.05, 0.1) is 6.04 Å². The van der Waals surface area contributed by atoms with Gasteiger partial charge in [-0.1, -0.05) is 60.1 Å². The molecular weight excluding hydrogens is 462 g/mol. The Hall–Kier alpha value is -3.42. The van der Waals surface area contributed by atoms with Crippen molar-refractivity contribution in [2.45, 2.75) is 51.9 Å². The zero-order valence-electron chi connectivity index (χ0n) is 20.1. The zero-order chi connectivity index (χ0) is 25.2. The molecule has 2 amide bonds. The molecule has 184 valence electrons. The van der Waals surface area contributed by atoms with Crippen LogP contribution in [-0.4, -0.2) is 28.9 Å². The van der Waals surface area contributed by atoms with Crippen LogP contribution in [0.3, 0.4) is 0 Å². The monoisotopic (exact) mass is 493 g/mol. The van der Waals surface area contributed by atoms with Crippen LogP contribution in [-0.2, 0) is 29.1 Å². The van der Waals surface area contributed by atoms with E-state index in [1.54, 1.807) is 13.0 Å². The summed E-state index contributed by atoms with van der Waals surface area (Å²) in [6.07, 6.45) is 1.32. The highest BCUT2D eigenvalue weighted by Crippen LogP contribution is 2.11. The number of anilines is 1. The van der Waals surface area contributed by atoms with Gasteiger partial charge in [-0.2, -0.15) is 0 Å².